The topological polar surface area (TPSA) is 96.0 Å². The van der Waals surface area contributed by atoms with E-state index in [1.54, 1.807) is 29.2 Å². The van der Waals surface area contributed by atoms with Crippen molar-refractivity contribution in [3.8, 4) is 10.4 Å². The van der Waals surface area contributed by atoms with E-state index in [2.05, 4.69) is 17.4 Å². The van der Waals surface area contributed by atoms with Crippen molar-refractivity contribution in [2.45, 2.75) is 19.3 Å². The van der Waals surface area contributed by atoms with E-state index in [4.69, 9.17) is 11.1 Å². The summed E-state index contributed by atoms with van der Waals surface area (Å²) >= 11 is 3.17. The van der Waals surface area contributed by atoms with Gasteiger partial charge in [0.25, 0.3) is 0 Å². The van der Waals surface area contributed by atoms with Gasteiger partial charge in [0.1, 0.15) is 0 Å². The van der Waals surface area contributed by atoms with Gasteiger partial charge in [-0.3, -0.25) is 9.59 Å². The summed E-state index contributed by atoms with van der Waals surface area (Å²) in [5, 5.41) is 11.7. The Morgan fingerprint density at radius 2 is 2.00 bits per heavy atom. The summed E-state index contributed by atoms with van der Waals surface area (Å²) in [6, 6.07) is 13.7. The van der Waals surface area contributed by atoms with Crippen LogP contribution in [-0.4, -0.2) is 23.7 Å². The summed E-state index contributed by atoms with van der Waals surface area (Å²) in [7, 11) is 0. The lowest BCUT2D eigenvalue weighted by atomic mass is 10.0. The minimum absolute atomic E-state index is 0.0242. The largest absolute Gasteiger partial charge is 0.398 e. The summed E-state index contributed by atoms with van der Waals surface area (Å²) in [4.78, 5) is 26.3. The highest BCUT2D eigenvalue weighted by atomic mass is 32.2. The Balaban J connectivity index is 1.54. The number of benzene rings is 2. The lowest BCUT2D eigenvalue weighted by Crippen LogP contribution is -2.14. The molecule has 1 aromatic heterocycles. The Hall–Kier alpha value is -2.90. The molecule has 30 heavy (non-hydrogen) atoms. The van der Waals surface area contributed by atoms with Crippen LogP contribution >= 0.6 is 23.1 Å². The van der Waals surface area contributed by atoms with Gasteiger partial charge in [0, 0.05) is 61.8 Å². The molecule has 4 rings (SSSR count). The number of anilines is 2. The van der Waals surface area contributed by atoms with Crippen LogP contribution in [0.5, 0.6) is 0 Å². The molecule has 7 heteroatoms. The number of hydrogen-bond donors (Lipinski definition) is 3. The molecule has 0 saturated carbocycles. The number of nitrogens with two attached hydrogens (primary N) is 1. The van der Waals surface area contributed by atoms with Crippen LogP contribution in [0.25, 0.3) is 20.5 Å². The molecule has 0 bridgehead atoms. The van der Waals surface area contributed by atoms with Crippen molar-refractivity contribution in [2.24, 2.45) is 0 Å². The molecular formula is C23H21N3O2S2. The standard InChI is InChI=1S/C23H21N3O2S2/c24-13-15-10-16(26-22(28)8-7-18(27)20-6-3-9-29-20)12-17(23(15)25)21-11-14-4-1-2-5-19(14)30-21/h1-2,4-6,10-13,24H,3,7-9,25H2,(H,26,28). The van der Waals surface area contributed by atoms with E-state index in [1.165, 1.54) is 6.21 Å². The number of nitrogens with one attached hydrogen (secondary N) is 2. The third kappa shape index (κ3) is 4.32. The first-order chi connectivity index (χ1) is 14.5. The normalized spacial score (nSPS) is 13.3. The van der Waals surface area contributed by atoms with E-state index in [0.29, 0.717) is 16.9 Å². The van der Waals surface area contributed by atoms with Crippen molar-refractivity contribution in [1.82, 2.24) is 0 Å². The summed E-state index contributed by atoms with van der Waals surface area (Å²) in [5.74, 6) is 0.733. The number of amides is 1. The molecule has 2 heterocycles. The van der Waals surface area contributed by atoms with Gasteiger partial charge in [-0.05, 0) is 36.1 Å². The van der Waals surface area contributed by atoms with Crippen LogP contribution in [0.1, 0.15) is 24.8 Å². The van der Waals surface area contributed by atoms with Crippen LogP contribution in [0.4, 0.5) is 11.4 Å². The van der Waals surface area contributed by atoms with Crippen LogP contribution in [0.2, 0.25) is 0 Å². The molecule has 0 atom stereocenters. The number of rotatable bonds is 7. The number of ketones is 1. The van der Waals surface area contributed by atoms with Crippen LogP contribution in [0, 0.1) is 5.41 Å². The first-order valence-electron chi connectivity index (χ1n) is 9.64. The second kappa shape index (κ2) is 8.85. The molecule has 0 fully saturated rings. The summed E-state index contributed by atoms with van der Waals surface area (Å²) in [6.07, 6.45) is 4.36. The first-order valence-corrected chi connectivity index (χ1v) is 11.4. The van der Waals surface area contributed by atoms with Crippen LogP contribution < -0.4 is 11.1 Å². The minimum Gasteiger partial charge on any atom is -0.398 e. The van der Waals surface area contributed by atoms with Gasteiger partial charge in [-0.25, -0.2) is 0 Å². The van der Waals surface area contributed by atoms with Crippen molar-refractivity contribution in [1.29, 1.82) is 5.41 Å². The lowest BCUT2D eigenvalue weighted by molar-refractivity contribution is -0.120. The summed E-state index contributed by atoms with van der Waals surface area (Å²) in [5.41, 5.74) is 8.72. The van der Waals surface area contributed by atoms with Gasteiger partial charge in [0.15, 0.2) is 5.78 Å². The third-order valence-electron chi connectivity index (χ3n) is 4.90. The molecule has 1 amide bonds. The molecule has 0 aliphatic carbocycles. The molecule has 1 aliphatic rings. The molecular weight excluding hydrogens is 414 g/mol. The minimum atomic E-state index is -0.227. The Labute approximate surface area is 182 Å². The molecule has 0 unspecified atom stereocenters. The maximum absolute atomic E-state index is 12.4. The molecule has 5 nitrogen and oxygen atoms in total. The van der Waals surface area contributed by atoms with Gasteiger partial charge in [-0.15, -0.1) is 23.1 Å². The van der Waals surface area contributed by atoms with Crippen molar-refractivity contribution in [3.05, 3.63) is 59.0 Å². The zero-order valence-electron chi connectivity index (χ0n) is 16.2. The Morgan fingerprint density at radius 3 is 2.73 bits per heavy atom. The number of hydrogen-bond acceptors (Lipinski definition) is 6. The molecule has 0 spiro atoms. The zero-order valence-corrected chi connectivity index (χ0v) is 17.9. The Kier molecular flexibility index (Phi) is 6.01. The molecule has 152 valence electrons. The highest BCUT2D eigenvalue weighted by Crippen LogP contribution is 2.39. The number of thiophene rings is 1. The number of carbonyl (C=O) groups is 2. The number of allylic oxidation sites excluding steroid dienone is 2. The molecule has 0 saturated heterocycles. The van der Waals surface area contributed by atoms with E-state index in [9.17, 15) is 9.59 Å². The van der Waals surface area contributed by atoms with Crippen LogP contribution in [0.3, 0.4) is 0 Å². The van der Waals surface area contributed by atoms with Crippen molar-refractivity contribution in [2.75, 3.05) is 16.8 Å². The fourth-order valence-corrected chi connectivity index (χ4v) is 5.42. The average Bonchev–Trinajstić information content (AvgIpc) is 3.43. The second-order valence-corrected chi connectivity index (χ2v) is 9.22. The van der Waals surface area contributed by atoms with Crippen molar-refractivity contribution < 1.29 is 9.59 Å². The number of thioether (sulfide) groups is 1. The fourth-order valence-electron chi connectivity index (χ4n) is 3.37. The van der Waals surface area contributed by atoms with Crippen LogP contribution in [0.15, 0.2) is 53.4 Å². The lowest BCUT2D eigenvalue weighted by Gasteiger charge is -2.12. The number of nitrogen functional groups attached to an aromatic ring is 1. The quantitative estimate of drug-likeness (QED) is 0.339. The highest BCUT2D eigenvalue weighted by Gasteiger charge is 2.17. The highest BCUT2D eigenvalue weighted by molar-refractivity contribution is 8.04. The van der Waals surface area contributed by atoms with E-state index in [-0.39, 0.29) is 24.5 Å². The van der Waals surface area contributed by atoms with E-state index in [1.807, 2.05) is 30.3 Å². The fraction of sp³-hybridized carbons (Fsp3) is 0.174. The van der Waals surface area contributed by atoms with Crippen molar-refractivity contribution in [3.63, 3.8) is 0 Å². The van der Waals surface area contributed by atoms with Crippen LogP contribution in [-0.2, 0) is 9.59 Å². The zero-order chi connectivity index (χ0) is 21.1. The molecule has 1 aliphatic heterocycles. The number of fused-ring (bicyclic) bond motifs is 1. The van der Waals surface area contributed by atoms with Gasteiger partial charge < -0.3 is 16.5 Å². The van der Waals surface area contributed by atoms with Gasteiger partial charge in [0.05, 0.1) is 0 Å². The third-order valence-corrected chi connectivity index (χ3v) is 7.20. The second-order valence-electron chi connectivity index (χ2n) is 7.00. The van der Waals surface area contributed by atoms with E-state index < -0.39 is 0 Å². The maximum Gasteiger partial charge on any atom is 0.224 e. The van der Waals surface area contributed by atoms with Gasteiger partial charge in [-0.2, -0.15) is 0 Å². The monoisotopic (exact) mass is 435 g/mol. The van der Waals surface area contributed by atoms with E-state index in [0.717, 1.165) is 37.6 Å². The number of Topliss-reactive ketones (excluding diaryl/α,β-unsaturated/α-hetero) is 1. The SMILES string of the molecule is N=Cc1cc(NC(=O)CCC(=O)C2=CCCS2)cc(-c2cc3ccccc3s2)c1N. The molecule has 4 N–H and O–H groups in total. The molecule has 0 radical (unpaired) electrons. The summed E-state index contributed by atoms with van der Waals surface area (Å²) in [6.45, 7) is 0. The molecule has 2 aromatic carbocycles. The smallest absolute Gasteiger partial charge is 0.224 e. The van der Waals surface area contributed by atoms with E-state index >= 15 is 0 Å². The van der Waals surface area contributed by atoms with Crippen molar-refractivity contribution >= 4 is 62.5 Å². The van der Waals surface area contributed by atoms with Gasteiger partial charge >= 0.3 is 0 Å². The predicted octanol–water partition coefficient (Wildman–Crippen LogP) is 5.46. The van der Waals surface area contributed by atoms with Gasteiger partial charge in [-0.1, -0.05) is 24.3 Å². The maximum atomic E-state index is 12.4. The average molecular weight is 436 g/mol. The van der Waals surface area contributed by atoms with Gasteiger partial charge in [0.2, 0.25) is 5.91 Å². The predicted molar refractivity (Wildman–Crippen MR) is 128 cm³/mol. The Morgan fingerprint density at radius 1 is 1.17 bits per heavy atom. The molecule has 3 aromatic rings. The first kappa shape index (κ1) is 20.4. The number of carbonyl (C=O) groups excluding carboxylic acids is 2. The Bertz CT molecular complexity index is 1150. The summed E-state index contributed by atoms with van der Waals surface area (Å²) < 4.78 is 1.15.